The third-order valence-corrected chi connectivity index (χ3v) is 2.21. The molecule has 0 aromatic carbocycles. The highest BCUT2D eigenvalue weighted by Gasteiger charge is 2.31. The molecule has 0 aromatic rings. The van der Waals surface area contributed by atoms with Crippen LogP contribution in [0.25, 0.3) is 0 Å². The molecule has 0 spiro atoms. The van der Waals surface area contributed by atoms with Crippen molar-refractivity contribution in [3.05, 3.63) is 12.7 Å². The van der Waals surface area contributed by atoms with Gasteiger partial charge in [0, 0.05) is 19.1 Å². The van der Waals surface area contributed by atoms with Crippen LogP contribution >= 0.6 is 0 Å². The van der Waals surface area contributed by atoms with Crippen molar-refractivity contribution >= 4 is 5.91 Å². The molecule has 1 aliphatic rings. The van der Waals surface area contributed by atoms with Crippen LogP contribution in [0.2, 0.25) is 0 Å². The van der Waals surface area contributed by atoms with Crippen molar-refractivity contribution in [1.82, 2.24) is 10.2 Å². The molecule has 1 fully saturated rings. The van der Waals surface area contributed by atoms with Gasteiger partial charge >= 0.3 is 0 Å². The predicted molar refractivity (Wildman–Crippen MR) is 54.9 cm³/mol. The minimum absolute atomic E-state index is 0.0453. The Kier molecular flexibility index (Phi) is 4.62. The first-order valence-corrected chi connectivity index (χ1v) is 5.01. The Hall–Kier alpha value is -0.870. The molecular formula is C10H18N2O2. The normalized spacial score (nSPS) is 15.2. The maximum Gasteiger partial charge on any atom is 0.236 e. The van der Waals surface area contributed by atoms with E-state index in [2.05, 4.69) is 11.9 Å². The summed E-state index contributed by atoms with van der Waals surface area (Å²) in [5, 5.41) is 11.8. The van der Waals surface area contributed by atoms with Crippen LogP contribution in [0.15, 0.2) is 12.7 Å². The minimum atomic E-state index is 0.0453. The van der Waals surface area contributed by atoms with Crippen LogP contribution < -0.4 is 5.32 Å². The number of aliphatic hydroxyl groups is 1. The Labute approximate surface area is 84.6 Å². The van der Waals surface area contributed by atoms with E-state index in [4.69, 9.17) is 5.11 Å². The highest BCUT2D eigenvalue weighted by molar-refractivity contribution is 5.78. The summed E-state index contributed by atoms with van der Waals surface area (Å²) >= 11 is 0. The third kappa shape index (κ3) is 3.47. The van der Waals surface area contributed by atoms with Gasteiger partial charge in [0.05, 0.1) is 13.2 Å². The molecule has 1 aliphatic carbocycles. The second kappa shape index (κ2) is 5.78. The molecule has 0 aliphatic heterocycles. The Balaban J connectivity index is 2.26. The largest absolute Gasteiger partial charge is 0.395 e. The summed E-state index contributed by atoms with van der Waals surface area (Å²) < 4.78 is 0. The van der Waals surface area contributed by atoms with Gasteiger partial charge in [0.2, 0.25) is 5.91 Å². The van der Waals surface area contributed by atoms with E-state index in [1.54, 1.807) is 11.0 Å². The maximum atomic E-state index is 11.6. The van der Waals surface area contributed by atoms with E-state index < -0.39 is 0 Å². The first kappa shape index (κ1) is 11.2. The summed E-state index contributed by atoms with van der Waals surface area (Å²) in [6.45, 7) is 5.04. The number of rotatable bonds is 7. The SMILES string of the molecule is C=CCNCC(=O)N(CCO)C1CC1. The number of hydrogen-bond acceptors (Lipinski definition) is 3. The van der Waals surface area contributed by atoms with Crippen molar-refractivity contribution in [3.63, 3.8) is 0 Å². The zero-order valence-corrected chi connectivity index (χ0v) is 8.41. The third-order valence-electron chi connectivity index (χ3n) is 2.21. The summed E-state index contributed by atoms with van der Waals surface area (Å²) in [5.41, 5.74) is 0. The van der Waals surface area contributed by atoms with Gasteiger partial charge in [-0.05, 0) is 12.8 Å². The maximum absolute atomic E-state index is 11.6. The zero-order valence-electron chi connectivity index (χ0n) is 8.41. The summed E-state index contributed by atoms with van der Waals surface area (Å²) in [5.74, 6) is 0.0726. The quantitative estimate of drug-likeness (QED) is 0.438. The van der Waals surface area contributed by atoms with Crippen molar-refractivity contribution in [1.29, 1.82) is 0 Å². The van der Waals surface area contributed by atoms with E-state index in [-0.39, 0.29) is 12.5 Å². The molecule has 1 amide bonds. The molecule has 0 heterocycles. The number of carbonyl (C=O) groups is 1. The van der Waals surface area contributed by atoms with Gasteiger partial charge in [-0.15, -0.1) is 6.58 Å². The first-order chi connectivity index (χ1) is 6.79. The van der Waals surface area contributed by atoms with Gasteiger partial charge < -0.3 is 15.3 Å². The Morgan fingerprint density at radius 2 is 2.36 bits per heavy atom. The van der Waals surface area contributed by atoms with Crippen LogP contribution in [-0.2, 0) is 4.79 Å². The lowest BCUT2D eigenvalue weighted by Crippen LogP contribution is -2.41. The Morgan fingerprint density at radius 3 is 2.86 bits per heavy atom. The lowest BCUT2D eigenvalue weighted by atomic mass is 10.4. The van der Waals surface area contributed by atoms with Gasteiger partial charge in [-0.3, -0.25) is 4.79 Å². The molecule has 80 valence electrons. The highest BCUT2D eigenvalue weighted by atomic mass is 16.3. The van der Waals surface area contributed by atoms with Crippen LogP contribution in [0.3, 0.4) is 0 Å². The van der Waals surface area contributed by atoms with Crippen molar-refractivity contribution in [2.45, 2.75) is 18.9 Å². The second-order valence-corrected chi connectivity index (χ2v) is 3.46. The molecule has 2 N–H and O–H groups in total. The standard InChI is InChI=1S/C10H18N2O2/c1-2-5-11-8-10(14)12(6-7-13)9-3-4-9/h2,9,11,13H,1,3-8H2. The van der Waals surface area contributed by atoms with Crippen LogP contribution in [0.4, 0.5) is 0 Å². The zero-order chi connectivity index (χ0) is 10.4. The Morgan fingerprint density at radius 1 is 1.64 bits per heavy atom. The second-order valence-electron chi connectivity index (χ2n) is 3.46. The summed E-state index contributed by atoms with van der Waals surface area (Å²) in [4.78, 5) is 13.4. The lowest BCUT2D eigenvalue weighted by Gasteiger charge is -2.21. The van der Waals surface area contributed by atoms with Gasteiger partial charge in [0.15, 0.2) is 0 Å². The van der Waals surface area contributed by atoms with Gasteiger partial charge in [-0.1, -0.05) is 6.08 Å². The fourth-order valence-electron chi connectivity index (χ4n) is 1.39. The number of nitrogens with zero attached hydrogens (tertiary/aromatic N) is 1. The van der Waals surface area contributed by atoms with Crippen LogP contribution in [-0.4, -0.2) is 48.2 Å². The van der Waals surface area contributed by atoms with Crippen molar-refractivity contribution in [2.24, 2.45) is 0 Å². The molecule has 14 heavy (non-hydrogen) atoms. The molecule has 0 radical (unpaired) electrons. The molecule has 0 aromatic heterocycles. The highest BCUT2D eigenvalue weighted by Crippen LogP contribution is 2.26. The van der Waals surface area contributed by atoms with Gasteiger partial charge in [0.1, 0.15) is 0 Å². The fourth-order valence-corrected chi connectivity index (χ4v) is 1.39. The molecule has 0 unspecified atom stereocenters. The molecule has 4 nitrogen and oxygen atoms in total. The average Bonchev–Trinajstić information content (AvgIpc) is 2.98. The predicted octanol–water partition coefficient (Wildman–Crippen LogP) is -0.255. The number of aliphatic hydroxyl groups excluding tert-OH is 1. The summed E-state index contributed by atoms with van der Waals surface area (Å²) in [6.07, 6.45) is 3.88. The van der Waals surface area contributed by atoms with E-state index in [0.29, 0.717) is 25.7 Å². The number of amides is 1. The number of nitrogens with one attached hydrogen (secondary N) is 1. The van der Waals surface area contributed by atoms with E-state index in [0.717, 1.165) is 12.8 Å². The first-order valence-electron chi connectivity index (χ1n) is 5.01. The molecular weight excluding hydrogens is 180 g/mol. The molecule has 0 bridgehead atoms. The van der Waals surface area contributed by atoms with E-state index in [1.807, 2.05) is 0 Å². The molecule has 1 rings (SSSR count). The van der Waals surface area contributed by atoms with E-state index in [9.17, 15) is 4.79 Å². The molecule has 1 saturated carbocycles. The van der Waals surface area contributed by atoms with Crippen LogP contribution in [0.5, 0.6) is 0 Å². The minimum Gasteiger partial charge on any atom is -0.395 e. The van der Waals surface area contributed by atoms with Gasteiger partial charge in [0.25, 0.3) is 0 Å². The van der Waals surface area contributed by atoms with E-state index >= 15 is 0 Å². The monoisotopic (exact) mass is 198 g/mol. The fraction of sp³-hybridized carbons (Fsp3) is 0.700. The smallest absolute Gasteiger partial charge is 0.236 e. The van der Waals surface area contributed by atoms with Crippen molar-refractivity contribution in [3.8, 4) is 0 Å². The van der Waals surface area contributed by atoms with E-state index in [1.165, 1.54) is 0 Å². The Bertz CT molecular complexity index is 202. The summed E-state index contributed by atoms with van der Waals surface area (Å²) in [6, 6.07) is 0.375. The summed E-state index contributed by atoms with van der Waals surface area (Å²) in [7, 11) is 0. The van der Waals surface area contributed by atoms with Crippen LogP contribution in [0, 0.1) is 0 Å². The van der Waals surface area contributed by atoms with Crippen molar-refractivity contribution in [2.75, 3.05) is 26.2 Å². The van der Waals surface area contributed by atoms with Gasteiger partial charge in [-0.25, -0.2) is 0 Å². The lowest BCUT2D eigenvalue weighted by molar-refractivity contribution is -0.131. The number of hydrogen-bond donors (Lipinski definition) is 2. The van der Waals surface area contributed by atoms with Gasteiger partial charge in [-0.2, -0.15) is 0 Å². The topological polar surface area (TPSA) is 52.6 Å². The molecule has 4 heteroatoms. The van der Waals surface area contributed by atoms with Crippen molar-refractivity contribution < 1.29 is 9.90 Å². The number of carbonyl (C=O) groups excluding carboxylic acids is 1. The van der Waals surface area contributed by atoms with Crippen LogP contribution in [0.1, 0.15) is 12.8 Å². The molecule has 0 saturated heterocycles. The average molecular weight is 198 g/mol. The molecule has 0 atom stereocenters.